The van der Waals surface area contributed by atoms with Crippen molar-refractivity contribution in [1.82, 2.24) is 9.78 Å². The van der Waals surface area contributed by atoms with E-state index in [0.717, 1.165) is 27.9 Å². The molecule has 0 amide bonds. The quantitative estimate of drug-likeness (QED) is 0.699. The minimum Gasteiger partial charge on any atom is -0.378 e. The summed E-state index contributed by atoms with van der Waals surface area (Å²) >= 11 is 9.66. The number of aryl methyl sites for hydroxylation is 1. The van der Waals surface area contributed by atoms with E-state index in [1.165, 1.54) is 5.39 Å². The Morgan fingerprint density at radius 3 is 2.86 bits per heavy atom. The maximum absolute atomic E-state index is 6.20. The fourth-order valence-corrected chi connectivity index (χ4v) is 2.93. The van der Waals surface area contributed by atoms with E-state index in [-0.39, 0.29) is 0 Å². The number of halogens is 2. The number of rotatable bonds is 4. The van der Waals surface area contributed by atoms with Crippen LogP contribution in [0.5, 0.6) is 0 Å². The first-order chi connectivity index (χ1) is 10.2. The van der Waals surface area contributed by atoms with Crippen LogP contribution < -0.4 is 5.32 Å². The number of benzene rings is 2. The van der Waals surface area contributed by atoms with Gasteiger partial charge in [0.1, 0.15) is 0 Å². The van der Waals surface area contributed by atoms with Gasteiger partial charge in [0.2, 0.25) is 0 Å². The second-order valence-electron chi connectivity index (χ2n) is 4.76. The van der Waals surface area contributed by atoms with E-state index in [0.29, 0.717) is 11.6 Å². The Labute approximate surface area is 137 Å². The van der Waals surface area contributed by atoms with Gasteiger partial charge >= 0.3 is 0 Å². The first-order valence-corrected chi connectivity index (χ1v) is 7.99. The van der Waals surface area contributed by atoms with Crippen LogP contribution in [-0.2, 0) is 13.1 Å². The number of aromatic nitrogens is 2. The Hall–Kier alpha value is -1.52. The molecule has 2 aromatic carbocycles. The zero-order valence-electron chi connectivity index (χ0n) is 11.6. The molecule has 3 aromatic rings. The van der Waals surface area contributed by atoms with Crippen LogP contribution in [0.4, 0.5) is 5.69 Å². The van der Waals surface area contributed by atoms with Gasteiger partial charge in [0.05, 0.1) is 28.5 Å². The van der Waals surface area contributed by atoms with E-state index in [2.05, 4.69) is 45.4 Å². The van der Waals surface area contributed by atoms with Gasteiger partial charge < -0.3 is 5.32 Å². The van der Waals surface area contributed by atoms with Gasteiger partial charge in [-0.25, -0.2) is 0 Å². The number of para-hydroxylation sites is 1. The minimum atomic E-state index is 0.643. The summed E-state index contributed by atoms with van der Waals surface area (Å²) in [5.74, 6) is 0. The van der Waals surface area contributed by atoms with E-state index < -0.39 is 0 Å². The monoisotopic (exact) mass is 363 g/mol. The molecule has 0 fully saturated rings. The molecule has 0 saturated heterocycles. The van der Waals surface area contributed by atoms with Gasteiger partial charge in [-0.2, -0.15) is 5.10 Å². The van der Waals surface area contributed by atoms with Crippen LogP contribution in [0, 0.1) is 0 Å². The standard InChI is InChI=1S/C16H15BrClN3/c1-2-21-16-6-4-3-5-12(16)15(20-21)10-19-14-9-11(17)7-8-13(14)18/h3-9,19H,2,10H2,1H3. The van der Waals surface area contributed by atoms with Crippen molar-refractivity contribution in [3.05, 3.63) is 57.7 Å². The van der Waals surface area contributed by atoms with Gasteiger partial charge in [0, 0.05) is 16.4 Å². The van der Waals surface area contributed by atoms with Crippen LogP contribution in [0.2, 0.25) is 5.02 Å². The highest BCUT2D eigenvalue weighted by molar-refractivity contribution is 9.10. The summed E-state index contributed by atoms with van der Waals surface area (Å²) < 4.78 is 3.02. The molecule has 0 radical (unpaired) electrons. The molecule has 108 valence electrons. The number of hydrogen-bond acceptors (Lipinski definition) is 2. The summed E-state index contributed by atoms with van der Waals surface area (Å²) in [4.78, 5) is 0. The molecule has 0 unspecified atom stereocenters. The lowest BCUT2D eigenvalue weighted by atomic mass is 10.2. The van der Waals surface area contributed by atoms with E-state index in [4.69, 9.17) is 11.6 Å². The molecule has 5 heteroatoms. The molecule has 0 saturated carbocycles. The average molecular weight is 365 g/mol. The lowest BCUT2D eigenvalue weighted by molar-refractivity contribution is 0.671. The van der Waals surface area contributed by atoms with Crippen LogP contribution in [-0.4, -0.2) is 9.78 Å². The molecule has 1 N–H and O–H groups in total. The Bertz CT molecular complexity index is 782. The Morgan fingerprint density at radius 1 is 1.24 bits per heavy atom. The molecular weight excluding hydrogens is 350 g/mol. The fraction of sp³-hybridized carbons (Fsp3) is 0.188. The highest BCUT2D eigenvalue weighted by Crippen LogP contribution is 2.27. The fourth-order valence-electron chi connectivity index (χ4n) is 2.38. The normalized spacial score (nSPS) is 11.0. The number of hydrogen-bond donors (Lipinski definition) is 1. The van der Waals surface area contributed by atoms with Crippen molar-refractivity contribution in [3.8, 4) is 0 Å². The molecule has 0 spiro atoms. The van der Waals surface area contributed by atoms with Gasteiger partial charge in [0.25, 0.3) is 0 Å². The number of nitrogens with one attached hydrogen (secondary N) is 1. The topological polar surface area (TPSA) is 29.9 Å². The average Bonchev–Trinajstić information content (AvgIpc) is 2.86. The third kappa shape index (κ3) is 2.92. The summed E-state index contributed by atoms with van der Waals surface area (Å²) in [7, 11) is 0. The zero-order valence-corrected chi connectivity index (χ0v) is 13.9. The summed E-state index contributed by atoms with van der Waals surface area (Å²) in [6.45, 7) is 3.60. The van der Waals surface area contributed by atoms with Crippen molar-refractivity contribution < 1.29 is 0 Å². The zero-order chi connectivity index (χ0) is 14.8. The van der Waals surface area contributed by atoms with E-state index in [1.54, 1.807) is 0 Å². The molecule has 0 aliphatic rings. The van der Waals surface area contributed by atoms with Gasteiger partial charge in [-0.3, -0.25) is 4.68 Å². The molecule has 0 aliphatic carbocycles. The highest BCUT2D eigenvalue weighted by atomic mass is 79.9. The Balaban J connectivity index is 1.90. The van der Waals surface area contributed by atoms with Gasteiger partial charge in [-0.15, -0.1) is 0 Å². The van der Waals surface area contributed by atoms with Crippen molar-refractivity contribution >= 4 is 44.1 Å². The van der Waals surface area contributed by atoms with Crippen LogP contribution in [0.15, 0.2) is 46.9 Å². The maximum atomic E-state index is 6.20. The number of fused-ring (bicyclic) bond motifs is 1. The van der Waals surface area contributed by atoms with E-state index in [1.807, 2.05) is 35.0 Å². The largest absolute Gasteiger partial charge is 0.378 e. The molecule has 21 heavy (non-hydrogen) atoms. The van der Waals surface area contributed by atoms with Gasteiger partial charge in [-0.05, 0) is 31.2 Å². The van der Waals surface area contributed by atoms with Crippen molar-refractivity contribution in [2.75, 3.05) is 5.32 Å². The molecule has 0 aliphatic heterocycles. The lowest BCUT2D eigenvalue weighted by Crippen LogP contribution is -2.03. The van der Waals surface area contributed by atoms with Crippen molar-refractivity contribution in [3.63, 3.8) is 0 Å². The van der Waals surface area contributed by atoms with Crippen LogP contribution >= 0.6 is 27.5 Å². The summed E-state index contributed by atoms with van der Waals surface area (Å²) in [5, 5.41) is 9.92. The lowest BCUT2D eigenvalue weighted by Gasteiger charge is -2.07. The molecular formula is C16H15BrClN3. The minimum absolute atomic E-state index is 0.643. The van der Waals surface area contributed by atoms with Gasteiger partial charge in [-0.1, -0.05) is 45.7 Å². The number of anilines is 1. The molecule has 3 rings (SSSR count). The summed E-state index contributed by atoms with van der Waals surface area (Å²) in [6, 6.07) is 14.1. The van der Waals surface area contributed by atoms with Crippen LogP contribution in [0.25, 0.3) is 10.9 Å². The first kappa shape index (κ1) is 14.4. The van der Waals surface area contributed by atoms with Crippen molar-refractivity contribution in [2.24, 2.45) is 0 Å². The molecule has 0 bridgehead atoms. The van der Waals surface area contributed by atoms with Crippen LogP contribution in [0.3, 0.4) is 0 Å². The van der Waals surface area contributed by atoms with Crippen molar-refractivity contribution in [2.45, 2.75) is 20.0 Å². The molecule has 3 nitrogen and oxygen atoms in total. The first-order valence-electron chi connectivity index (χ1n) is 6.82. The van der Waals surface area contributed by atoms with Gasteiger partial charge in [0.15, 0.2) is 0 Å². The second kappa shape index (κ2) is 6.08. The Kier molecular flexibility index (Phi) is 4.17. The maximum Gasteiger partial charge on any atom is 0.0894 e. The molecule has 1 aromatic heterocycles. The second-order valence-corrected chi connectivity index (χ2v) is 6.08. The van der Waals surface area contributed by atoms with E-state index in [9.17, 15) is 0 Å². The predicted molar refractivity (Wildman–Crippen MR) is 91.9 cm³/mol. The molecule has 0 atom stereocenters. The van der Waals surface area contributed by atoms with Crippen molar-refractivity contribution in [1.29, 1.82) is 0 Å². The van der Waals surface area contributed by atoms with E-state index >= 15 is 0 Å². The number of nitrogens with zero attached hydrogens (tertiary/aromatic N) is 2. The third-order valence-corrected chi connectivity index (χ3v) is 4.23. The Morgan fingerprint density at radius 2 is 2.05 bits per heavy atom. The third-order valence-electron chi connectivity index (χ3n) is 3.41. The van der Waals surface area contributed by atoms with Crippen LogP contribution in [0.1, 0.15) is 12.6 Å². The smallest absolute Gasteiger partial charge is 0.0894 e. The highest BCUT2D eigenvalue weighted by Gasteiger charge is 2.09. The molecule has 1 heterocycles. The summed E-state index contributed by atoms with van der Waals surface area (Å²) in [6.07, 6.45) is 0. The predicted octanol–water partition coefficient (Wildman–Crippen LogP) is 5.08. The summed E-state index contributed by atoms with van der Waals surface area (Å²) in [5.41, 5.74) is 3.10. The SMILES string of the molecule is CCn1nc(CNc2cc(Br)ccc2Cl)c2ccccc21.